The average Bonchev–Trinajstić information content (AvgIpc) is 2.56. The molecular formula is C17H16F3NO2. The minimum atomic E-state index is -4.38. The molecule has 2 aromatic rings. The van der Waals surface area contributed by atoms with Crippen molar-refractivity contribution in [1.29, 1.82) is 0 Å². The first-order valence-electron chi connectivity index (χ1n) is 7.30. The van der Waals surface area contributed by atoms with Crippen molar-refractivity contribution in [3.63, 3.8) is 0 Å². The summed E-state index contributed by atoms with van der Waals surface area (Å²) in [5, 5.41) is 3.25. The van der Waals surface area contributed by atoms with E-state index >= 15 is 0 Å². The van der Waals surface area contributed by atoms with Crippen LogP contribution in [-0.4, -0.2) is 19.7 Å². The Morgan fingerprint density at radius 3 is 2.48 bits per heavy atom. The molecule has 0 spiro atoms. The molecule has 3 nitrogen and oxygen atoms in total. The van der Waals surface area contributed by atoms with Crippen molar-refractivity contribution in [2.75, 3.05) is 19.7 Å². The maximum atomic E-state index is 12.7. The lowest BCUT2D eigenvalue weighted by molar-refractivity contribution is -0.137. The summed E-state index contributed by atoms with van der Waals surface area (Å²) in [4.78, 5) is 0. The summed E-state index contributed by atoms with van der Waals surface area (Å²) in [7, 11) is 0. The Kier molecular flexibility index (Phi) is 4.54. The number of ether oxygens (including phenoxy) is 2. The summed E-state index contributed by atoms with van der Waals surface area (Å²) in [6.45, 7) is 2.24. The molecule has 6 heteroatoms. The molecule has 1 aliphatic heterocycles. The molecule has 1 N–H and O–H groups in total. The van der Waals surface area contributed by atoms with Crippen molar-refractivity contribution >= 4 is 0 Å². The van der Waals surface area contributed by atoms with Crippen LogP contribution in [0.15, 0.2) is 48.5 Å². The van der Waals surface area contributed by atoms with E-state index in [0.717, 1.165) is 30.8 Å². The largest absolute Gasteiger partial charge is 0.457 e. The summed E-state index contributed by atoms with van der Waals surface area (Å²) in [5.41, 5.74) is 0.280. The number of rotatable bonds is 3. The number of halogens is 3. The third-order valence-electron chi connectivity index (χ3n) is 3.58. The van der Waals surface area contributed by atoms with E-state index in [4.69, 9.17) is 9.47 Å². The SMILES string of the molecule is FC(F)(F)c1cccc(Oc2ccc(C3CNCCO3)cc2)c1. The van der Waals surface area contributed by atoms with Gasteiger partial charge in [0.1, 0.15) is 11.5 Å². The predicted octanol–water partition coefficient (Wildman–Crippen LogP) is 4.16. The van der Waals surface area contributed by atoms with Crippen LogP contribution in [0.5, 0.6) is 11.5 Å². The van der Waals surface area contributed by atoms with Crippen molar-refractivity contribution < 1.29 is 22.6 Å². The van der Waals surface area contributed by atoms with Gasteiger partial charge in [0, 0.05) is 13.1 Å². The first kappa shape index (κ1) is 15.8. The van der Waals surface area contributed by atoms with Gasteiger partial charge < -0.3 is 14.8 Å². The molecule has 2 aromatic carbocycles. The van der Waals surface area contributed by atoms with E-state index in [1.165, 1.54) is 12.1 Å². The zero-order valence-corrected chi connectivity index (χ0v) is 12.3. The number of nitrogens with one attached hydrogen (secondary N) is 1. The Bertz CT molecular complexity index is 650. The lowest BCUT2D eigenvalue weighted by Crippen LogP contribution is -2.33. The fourth-order valence-corrected chi connectivity index (χ4v) is 2.40. The zero-order valence-electron chi connectivity index (χ0n) is 12.3. The van der Waals surface area contributed by atoms with Crippen LogP contribution in [-0.2, 0) is 10.9 Å². The first-order chi connectivity index (χ1) is 11.0. The van der Waals surface area contributed by atoms with Crippen LogP contribution in [0.3, 0.4) is 0 Å². The zero-order chi connectivity index (χ0) is 16.3. The van der Waals surface area contributed by atoms with Gasteiger partial charge in [-0.05, 0) is 35.9 Å². The smallest absolute Gasteiger partial charge is 0.416 e. The maximum absolute atomic E-state index is 12.7. The molecule has 0 bridgehead atoms. The third kappa shape index (κ3) is 4.03. The van der Waals surface area contributed by atoms with E-state index in [1.54, 1.807) is 12.1 Å². The van der Waals surface area contributed by atoms with E-state index in [9.17, 15) is 13.2 Å². The molecule has 1 unspecified atom stereocenters. The summed E-state index contributed by atoms with van der Waals surface area (Å²) in [6.07, 6.45) is -4.39. The molecule has 0 aromatic heterocycles. The molecule has 23 heavy (non-hydrogen) atoms. The Hall–Kier alpha value is -2.05. The minimum Gasteiger partial charge on any atom is -0.457 e. The lowest BCUT2D eigenvalue weighted by Gasteiger charge is -2.24. The van der Waals surface area contributed by atoms with Crippen LogP contribution in [0.2, 0.25) is 0 Å². The molecule has 1 heterocycles. The van der Waals surface area contributed by atoms with Gasteiger partial charge in [-0.15, -0.1) is 0 Å². The molecule has 1 saturated heterocycles. The van der Waals surface area contributed by atoms with Crippen molar-refractivity contribution in [2.24, 2.45) is 0 Å². The summed E-state index contributed by atoms with van der Waals surface area (Å²) < 4.78 is 49.2. The average molecular weight is 323 g/mol. The highest BCUT2D eigenvalue weighted by molar-refractivity contribution is 5.36. The second kappa shape index (κ2) is 6.60. The van der Waals surface area contributed by atoms with Crippen molar-refractivity contribution in [3.8, 4) is 11.5 Å². The van der Waals surface area contributed by atoms with Gasteiger partial charge in [0.25, 0.3) is 0 Å². The third-order valence-corrected chi connectivity index (χ3v) is 3.58. The predicted molar refractivity (Wildman–Crippen MR) is 79.5 cm³/mol. The number of alkyl halides is 3. The molecule has 0 saturated carbocycles. The Morgan fingerprint density at radius 1 is 1.04 bits per heavy atom. The van der Waals surface area contributed by atoms with E-state index < -0.39 is 11.7 Å². The molecule has 3 rings (SSSR count). The maximum Gasteiger partial charge on any atom is 0.416 e. The molecule has 1 fully saturated rings. The molecule has 0 aliphatic carbocycles. The van der Waals surface area contributed by atoms with Gasteiger partial charge in [-0.1, -0.05) is 18.2 Å². The first-order valence-corrected chi connectivity index (χ1v) is 7.30. The second-order valence-electron chi connectivity index (χ2n) is 5.26. The standard InChI is InChI=1S/C17H16F3NO2/c18-17(19,20)13-2-1-3-15(10-13)23-14-6-4-12(5-7-14)16-11-21-8-9-22-16/h1-7,10,16,21H,8-9,11H2. The molecule has 1 atom stereocenters. The van der Waals surface area contributed by atoms with E-state index in [-0.39, 0.29) is 11.9 Å². The van der Waals surface area contributed by atoms with Gasteiger partial charge in [0.15, 0.2) is 0 Å². The van der Waals surface area contributed by atoms with Crippen LogP contribution in [0.25, 0.3) is 0 Å². The van der Waals surface area contributed by atoms with Gasteiger partial charge in [0.05, 0.1) is 18.3 Å². The van der Waals surface area contributed by atoms with Crippen LogP contribution < -0.4 is 10.1 Å². The summed E-state index contributed by atoms with van der Waals surface area (Å²) >= 11 is 0. The Balaban J connectivity index is 1.71. The van der Waals surface area contributed by atoms with Gasteiger partial charge in [-0.3, -0.25) is 0 Å². The number of morpholine rings is 1. The lowest BCUT2D eigenvalue weighted by atomic mass is 10.1. The van der Waals surface area contributed by atoms with Crippen molar-refractivity contribution in [3.05, 3.63) is 59.7 Å². The monoisotopic (exact) mass is 323 g/mol. The number of benzene rings is 2. The van der Waals surface area contributed by atoms with E-state index in [1.807, 2.05) is 12.1 Å². The minimum absolute atomic E-state index is 0.00800. The highest BCUT2D eigenvalue weighted by Gasteiger charge is 2.30. The molecule has 1 aliphatic rings. The fraction of sp³-hybridized carbons (Fsp3) is 0.294. The second-order valence-corrected chi connectivity index (χ2v) is 5.26. The van der Waals surface area contributed by atoms with E-state index in [2.05, 4.69) is 5.32 Å². The highest BCUT2D eigenvalue weighted by Crippen LogP contribution is 2.33. The van der Waals surface area contributed by atoms with Gasteiger partial charge in [0.2, 0.25) is 0 Å². The quantitative estimate of drug-likeness (QED) is 0.920. The molecular weight excluding hydrogens is 307 g/mol. The van der Waals surface area contributed by atoms with Crippen molar-refractivity contribution in [2.45, 2.75) is 12.3 Å². The van der Waals surface area contributed by atoms with Crippen LogP contribution in [0, 0.1) is 0 Å². The van der Waals surface area contributed by atoms with Gasteiger partial charge in [-0.2, -0.15) is 13.2 Å². The number of hydrogen-bond donors (Lipinski definition) is 1. The van der Waals surface area contributed by atoms with E-state index in [0.29, 0.717) is 12.4 Å². The van der Waals surface area contributed by atoms with Gasteiger partial charge >= 0.3 is 6.18 Å². The molecule has 0 amide bonds. The van der Waals surface area contributed by atoms with Crippen LogP contribution in [0.1, 0.15) is 17.2 Å². The number of hydrogen-bond acceptors (Lipinski definition) is 3. The normalized spacial score (nSPS) is 18.7. The van der Waals surface area contributed by atoms with Crippen LogP contribution >= 0.6 is 0 Å². The van der Waals surface area contributed by atoms with Gasteiger partial charge in [-0.25, -0.2) is 0 Å². The topological polar surface area (TPSA) is 30.5 Å². The Morgan fingerprint density at radius 2 is 1.83 bits per heavy atom. The summed E-state index contributed by atoms with van der Waals surface area (Å²) in [6, 6.07) is 12.0. The Labute approximate surface area is 132 Å². The summed E-state index contributed by atoms with van der Waals surface area (Å²) in [5.74, 6) is 0.639. The molecule has 122 valence electrons. The van der Waals surface area contributed by atoms with Crippen LogP contribution in [0.4, 0.5) is 13.2 Å². The fourth-order valence-electron chi connectivity index (χ4n) is 2.40. The molecule has 0 radical (unpaired) electrons. The highest BCUT2D eigenvalue weighted by atomic mass is 19.4. The van der Waals surface area contributed by atoms with Crippen molar-refractivity contribution in [1.82, 2.24) is 5.32 Å².